The molecule has 6 heteroatoms. The summed E-state index contributed by atoms with van der Waals surface area (Å²) < 4.78 is 44.0. The predicted molar refractivity (Wildman–Crippen MR) is 67.2 cm³/mol. The largest absolute Gasteiger partial charge is 0.380 e. The van der Waals surface area contributed by atoms with Gasteiger partial charge in [-0.25, -0.2) is 17.5 Å². The van der Waals surface area contributed by atoms with Crippen molar-refractivity contribution >= 4 is 10.0 Å². The molecule has 1 aromatic carbocycles. The molecule has 1 aromatic rings. The lowest BCUT2D eigenvalue weighted by atomic mass is 10.2. The van der Waals surface area contributed by atoms with E-state index in [2.05, 4.69) is 4.72 Å². The first-order chi connectivity index (χ1) is 8.42. The molecular weight excluding hydrogens is 257 g/mol. The van der Waals surface area contributed by atoms with E-state index < -0.39 is 15.8 Å². The molecule has 102 valence electrons. The maximum Gasteiger partial charge on any atom is 0.240 e. The average molecular weight is 275 g/mol. The minimum absolute atomic E-state index is 0.0774. The Morgan fingerprint density at radius 3 is 2.72 bits per heavy atom. The molecule has 0 bridgehead atoms. The van der Waals surface area contributed by atoms with Gasteiger partial charge in [0.25, 0.3) is 0 Å². The Morgan fingerprint density at radius 1 is 1.39 bits per heavy atom. The number of sulfonamides is 1. The molecular formula is C12H18FNO3S. The van der Waals surface area contributed by atoms with Crippen molar-refractivity contribution in [1.82, 2.24) is 4.72 Å². The van der Waals surface area contributed by atoms with E-state index in [0.29, 0.717) is 19.1 Å². The van der Waals surface area contributed by atoms with Crippen LogP contribution in [0.25, 0.3) is 0 Å². The van der Waals surface area contributed by atoms with Gasteiger partial charge in [-0.2, -0.15) is 0 Å². The van der Waals surface area contributed by atoms with Crippen LogP contribution in [0.3, 0.4) is 0 Å². The fourth-order valence-electron chi connectivity index (χ4n) is 1.28. The molecule has 0 spiro atoms. The average Bonchev–Trinajstić information content (AvgIpc) is 2.28. The first-order valence-electron chi connectivity index (χ1n) is 5.75. The van der Waals surface area contributed by atoms with Crippen LogP contribution in [-0.2, 0) is 14.8 Å². The van der Waals surface area contributed by atoms with Crippen LogP contribution in [0.5, 0.6) is 0 Å². The third-order valence-corrected chi connectivity index (χ3v) is 3.55. The zero-order valence-electron chi connectivity index (χ0n) is 10.5. The van der Waals surface area contributed by atoms with Gasteiger partial charge in [0.2, 0.25) is 10.0 Å². The smallest absolute Gasteiger partial charge is 0.240 e. The van der Waals surface area contributed by atoms with Crippen molar-refractivity contribution < 1.29 is 17.5 Å². The Kier molecular flexibility index (Phi) is 5.71. The van der Waals surface area contributed by atoms with Gasteiger partial charge in [0, 0.05) is 13.2 Å². The van der Waals surface area contributed by atoms with Crippen molar-refractivity contribution in [3.8, 4) is 0 Å². The molecule has 0 saturated heterocycles. The number of benzene rings is 1. The second-order valence-corrected chi connectivity index (χ2v) is 6.09. The third-order valence-electron chi connectivity index (χ3n) is 2.10. The second-order valence-electron chi connectivity index (χ2n) is 4.32. The van der Waals surface area contributed by atoms with Gasteiger partial charge in [-0.1, -0.05) is 19.9 Å². The van der Waals surface area contributed by atoms with Gasteiger partial charge in [0.15, 0.2) is 0 Å². The van der Waals surface area contributed by atoms with Crippen molar-refractivity contribution in [1.29, 1.82) is 0 Å². The summed E-state index contributed by atoms with van der Waals surface area (Å²) in [4.78, 5) is -0.0774. The first-order valence-corrected chi connectivity index (χ1v) is 7.23. The van der Waals surface area contributed by atoms with Gasteiger partial charge in [0.05, 0.1) is 11.5 Å². The maximum atomic E-state index is 12.9. The molecule has 0 aliphatic heterocycles. The Bertz CT molecular complexity index is 474. The lowest BCUT2D eigenvalue weighted by Gasteiger charge is -2.08. The van der Waals surface area contributed by atoms with E-state index in [1.807, 2.05) is 13.8 Å². The number of hydrogen-bond donors (Lipinski definition) is 1. The van der Waals surface area contributed by atoms with Crippen molar-refractivity contribution in [2.75, 3.05) is 19.8 Å². The first kappa shape index (κ1) is 15.1. The molecule has 0 fully saturated rings. The van der Waals surface area contributed by atoms with Crippen LogP contribution in [-0.4, -0.2) is 28.2 Å². The Balaban J connectivity index is 2.46. The molecule has 1 N–H and O–H groups in total. The SMILES string of the molecule is CC(C)COCCNS(=O)(=O)c1cccc(F)c1. The molecule has 18 heavy (non-hydrogen) atoms. The minimum Gasteiger partial charge on any atom is -0.380 e. The van der Waals surface area contributed by atoms with Gasteiger partial charge in [-0.05, 0) is 24.1 Å². The molecule has 0 amide bonds. The highest BCUT2D eigenvalue weighted by molar-refractivity contribution is 7.89. The van der Waals surface area contributed by atoms with Crippen molar-refractivity contribution in [2.45, 2.75) is 18.7 Å². The Hall–Kier alpha value is -0.980. The normalized spacial score (nSPS) is 12.0. The standard InChI is InChI=1S/C12H18FNO3S/c1-10(2)9-17-7-6-14-18(15,16)12-5-3-4-11(13)8-12/h3-5,8,10,14H,6-7,9H2,1-2H3. The lowest BCUT2D eigenvalue weighted by Crippen LogP contribution is -2.27. The Labute approximate surface area is 107 Å². The van der Waals surface area contributed by atoms with Crippen LogP contribution in [0, 0.1) is 11.7 Å². The van der Waals surface area contributed by atoms with Crippen LogP contribution in [0.4, 0.5) is 4.39 Å². The summed E-state index contributed by atoms with van der Waals surface area (Å²) in [7, 11) is -3.65. The molecule has 1 rings (SSSR count). The number of ether oxygens (including phenoxy) is 1. The zero-order chi connectivity index (χ0) is 13.6. The van der Waals surface area contributed by atoms with Crippen molar-refractivity contribution in [2.24, 2.45) is 5.92 Å². The van der Waals surface area contributed by atoms with E-state index in [-0.39, 0.29) is 11.4 Å². The molecule has 0 radical (unpaired) electrons. The number of halogens is 1. The summed E-state index contributed by atoms with van der Waals surface area (Å²) in [6.45, 7) is 5.08. The summed E-state index contributed by atoms with van der Waals surface area (Å²) in [5.74, 6) is -0.168. The van der Waals surface area contributed by atoms with Crippen LogP contribution in [0.2, 0.25) is 0 Å². The van der Waals surface area contributed by atoms with Crippen LogP contribution in [0.1, 0.15) is 13.8 Å². The van der Waals surface area contributed by atoms with Gasteiger partial charge in [-0.15, -0.1) is 0 Å². The molecule has 4 nitrogen and oxygen atoms in total. The van der Waals surface area contributed by atoms with Crippen LogP contribution >= 0.6 is 0 Å². The van der Waals surface area contributed by atoms with Gasteiger partial charge in [0.1, 0.15) is 5.82 Å². The fraction of sp³-hybridized carbons (Fsp3) is 0.500. The number of hydrogen-bond acceptors (Lipinski definition) is 3. The van der Waals surface area contributed by atoms with E-state index in [0.717, 1.165) is 6.07 Å². The summed E-state index contributed by atoms with van der Waals surface area (Å²) in [5, 5.41) is 0. The highest BCUT2D eigenvalue weighted by atomic mass is 32.2. The van der Waals surface area contributed by atoms with E-state index >= 15 is 0 Å². The van der Waals surface area contributed by atoms with Crippen molar-refractivity contribution in [3.05, 3.63) is 30.1 Å². The number of nitrogens with one attached hydrogen (secondary N) is 1. The van der Waals surface area contributed by atoms with Crippen LogP contribution < -0.4 is 4.72 Å². The summed E-state index contributed by atoms with van der Waals surface area (Å²) >= 11 is 0. The molecule has 0 saturated carbocycles. The number of rotatable bonds is 7. The summed E-state index contributed by atoms with van der Waals surface area (Å²) in [6, 6.07) is 4.89. The highest BCUT2D eigenvalue weighted by Gasteiger charge is 2.13. The predicted octanol–water partition coefficient (Wildman–Crippen LogP) is 1.78. The quantitative estimate of drug-likeness (QED) is 0.772. The monoisotopic (exact) mass is 275 g/mol. The fourth-order valence-corrected chi connectivity index (χ4v) is 2.33. The zero-order valence-corrected chi connectivity index (χ0v) is 11.3. The molecule has 0 aliphatic carbocycles. The molecule has 0 aromatic heterocycles. The minimum atomic E-state index is -3.65. The Morgan fingerprint density at radius 2 is 2.11 bits per heavy atom. The molecule has 0 atom stereocenters. The van der Waals surface area contributed by atoms with Gasteiger partial charge >= 0.3 is 0 Å². The maximum absolute atomic E-state index is 12.9. The molecule has 0 unspecified atom stereocenters. The molecule has 0 aliphatic rings. The highest BCUT2D eigenvalue weighted by Crippen LogP contribution is 2.09. The van der Waals surface area contributed by atoms with Crippen LogP contribution in [0.15, 0.2) is 29.2 Å². The van der Waals surface area contributed by atoms with Gasteiger partial charge < -0.3 is 4.74 Å². The molecule has 0 heterocycles. The third kappa shape index (κ3) is 5.12. The second kappa shape index (κ2) is 6.82. The van der Waals surface area contributed by atoms with E-state index in [9.17, 15) is 12.8 Å². The summed E-state index contributed by atoms with van der Waals surface area (Å²) in [6.07, 6.45) is 0. The summed E-state index contributed by atoms with van der Waals surface area (Å²) in [5.41, 5.74) is 0. The van der Waals surface area contributed by atoms with Gasteiger partial charge in [-0.3, -0.25) is 0 Å². The van der Waals surface area contributed by atoms with E-state index in [1.165, 1.54) is 18.2 Å². The van der Waals surface area contributed by atoms with E-state index in [4.69, 9.17) is 4.74 Å². The lowest BCUT2D eigenvalue weighted by molar-refractivity contribution is 0.114. The van der Waals surface area contributed by atoms with Crippen molar-refractivity contribution in [3.63, 3.8) is 0 Å². The van der Waals surface area contributed by atoms with E-state index in [1.54, 1.807) is 0 Å². The topological polar surface area (TPSA) is 55.4 Å².